The van der Waals surface area contributed by atoms with Crippen LogP contribution in [0.15, 0.2) is 5.16 Å². The topological polar surface area (TPSA) is 21.6 Å². The zero-order valence-corrected chi connectivity index (χ0v) is 7.94. The molecule has 0 aromatic heterocycles. The van der Waals surface area contributed by atoms with Gasteiger partial charge < -0.3 is 4.84 Å². The number of oxime groups is 1. The summed E-state index contributed by atoms with van der Waals surface area (Å²) in [6.45, 7) is 4.26. The predicted molar refractivity (Wildman–Crippen MR) is 45.4 cm³/mol. The number of hydrogen-bond acceptors (Lipinski definition) is 2. The molecule has 0 aliphatic carbocycles. The first kappa shape index (κ1) is 8.05. The molecular formula is C7H12BrNO. The summed E-state index contributed by atoms with van der Waals surface area (Å²) in [5.74, 6) is 0. The first-order chi connectivity index (χ1) is 4.72. The van der Waals surface area contributed by atoms with Crippen LogP contribution < -0.4 is 0 Å². The normalized spacial score (nSPS) is 22.1. The van der Waals surface area contributed by atoms with Gasteiger partial charge in [-0.3, -0.25) is 0 Å². The summed E-state index contributed by atoms with van der Waals surface area (Å²) < 4.78 is 0.941. The maximum absolute atomic E-state index is 5.29. The summed E-state index contributed by atoms with van der Waals surface area (Å²) in [6, 6.07) is 0. The van der Waals surface area contributed by atoms with E-state index in [4.69, 9.17) is 4.84 Å². The average molecular weight is 206 g/mol. The maximum atomic E-state index is 5.29. The van der Waals surface area contributed by atoms with Crippen LogP contribution in [-0.2, 0) is 4.84 Å². The number of halogens is 1. The Kier molecular flexibility index (Phi) is 2.34. The lowest BCUT2D eigenvalue weighted by Gasteiger charge is -2.22. The van der Waals surface area contributed by atoms with E-state index in [0.717, 1.165) is 23.9 Å². The number of rotatable bonds is 2. The van der Waals surface area contributed by atoms with Gasteiger partial charge in [0, 0.05) is 6.42 Å². The fourth-order valence-corrected chi connectivity index (χ4v) is 1.69. The highest BCUT2D eigenvalue weighted by atomic mass is 79.9. The van der Waals surface area contributed by atoms with Crippen LogP contribution in [0.5, 0.6) is 0 Å². The highest BCUT2D eigenvalue weighted by Crippen LogP contribution is 2.31. The van der Waals surface area contributed by atoms with Gasteiger partial charge >= 0.3 is 0 Å². The minimum atomic E-state index is -0.00116. The van der Waals surface area contributed by atoms with Gasteiger partial charge in [-0.25, -0.2) is 0 Å². The van der Waals surface area contributed by atoms with Crippen LogP contribution in [0.3, 0.4) is 0 Å². The molecule has 0 aromatic carbocycles. The van der Waals surface area contributed by atoms with E-state index in [2.05, 4.69) is 34.9 Å². The first-order valence-corrected chi connectivity index (χ1v) is 4.42. The lowest BCUT2D eigenvalue weighted by molar-refractivity contribution is -0.0243. The summed E-state index contributed by atoms with van der Waals surface area (Å²) in [5, 5.41) is 3.86. The van der Waals surface area contributed by atoms with Crippen LogP contribution in [0.4, 0.5) is 0 Å². The molecule has 3 heteroatoms. The zero-order chi connectivity index (χ0) is 7.61. The Morgan fingerprint density at radius 2 is 2.20 bits per heavy atom. The lowest BCUT2D eigenvalue weighted by atomic mass is 9.95. The van der Waals surface area contributed by atoms with Crippen LogP contribution in [0.2, 0.25) is 0 Å². The molecule has 0 bridgehead atoms. The lowest BCUT2D eigenvalue weighted by Crippen LogP contribution is -2.26. The molecule has 0 saturated carbocycles. The van der Waals surface area contributed by atoms with Crippen molar-refractivity contribution in [3.63, 3.8) is 0 Å². The maximum Gasteiger partial charge on any atom is 0.143 e. The van der Waals surface area contributed by atoms with Crippen LogP contribution in [0.25, 0.3) is 0 Å². The van der Waals surface area contributed by atoms with Crippen molar-refractivity contribution >= 4 is 20.6 Å². The molecule has 0 radical (unpaired) electrons. The van der Waals surface area contributed by atoms with Crippen molar-refractivity contribution in [1.29, 1.82) is 0 Å². The number of nitrogens with zero attached hydrogens (tertiary/aromatic N) is 1. The van der Waals surface area contributed by atoms with E-state index >= 15 is 0 Å². The number of hydrogen-bond donors (Lipinski definition) is 0. The van der Waals surface area contributed by atoms with E-state index in [0.29, 0.717) is 0 Å². The SMILES string of the molecule is CCC1(CC)CC(Br)=NO1. The Labute approximate surface area is 69.8 Å². The molecule has 1 aliphatic heterocycles. The first-order valence-electron chi connectivity index (χ1n) is 3.63. The van der Waals surface area contributed by atoms with Crippen molar-refractivity contribution in [2.24, 2.45) is 5.16 Å². The van der Waals surface area contributed by atoms with Crippen LogP contribution in [0, 0.1) is 0 Å². The highest BCUT2D eigenvalue weighted by Gasteiger charge is 2.34. The molecule has 0 amide bonds. The molecule has 0 atom stereocenters. The second kappa shape index (κ2) is 2.91. The Hall–Kier alpha value is -0.0500. The summed E-state index contributed by atoms with van der Waals surface area (Å²) in [4.78, 5) is 5.29. The van der Waals surface area contributed by atoms with E-state index in [9.17, 15) is 0 Å². The molecule has 1 heterocycles. The molecule has 0 N–H and O–H groups in total. The average Bonchev–Trinajstić information content (AvgIpc) is 2.33. The summed E-state index contributed by atoms with van der Waals surface area (Å²) >= 11 is 3.32. The Morgan fingerprint density at radius 3 is 2.40 bits per heavy atom. The molecule has 2 nitrogen and oxygen atoms in total. The summed E-state index contributed by atoms with van der Waals surface area (Å²) in [7, 11) is 0. The fraction of sp³-hybridized carbons (Fsp3) is 0.857. The van der Waals surface area contributed by atoms with Gasteiger partial charge in [0.15, 0.2) is 0 Å². The van der Waals surface area contributed by atoms with E-state index in [1.807, 2.05) is 0 Å². The monoisotopic (exact) mass is 205 g/mol. The quantitative estimate of drug-likeness (QED) is 0.680. The van der Waals surface area contributed by atoms with Crippen molar-refractivity contribution in [2.75, 3.05) is 0 Å². The minimum absolute atomic E-state index is 0.00116. The minimum Gasteiger partial charge on any atom is -0.388 e. The molecule has 0 aromatic rings. The van der Waals surface area contributed by atoms with Crippen molar-refractivity contribution in [3.8, 4) is 0 Å². The summed E-state index contributed by atoms with van der Waals surface area (Å²) in [5.41, 5.74) is -0.00116. The molecule has 1 aliphatic rings. The summed E-state index contributed by atoms with van der Waals surface area (Å²) in [6.07, 6.45) is 2.99. The van der Waals surface area contributed by atoms with Crippen LogP contribution >= 0.6 is 15.9 Å². The van der Waals surface area contributed by atoms with Gasteiger partial charge in [-0.2, -0.15) is 0 Å². The van der Waals surface area contributed by atoms with E-state index < -0.39 is 0 Å². The molecule has 0 fully saturated rings. The van der Waals surface area contributed by atoms with Gasteiger partial charge in [0.25, 0.3) is 0 Å². The van der Waals surface area contributed by atoms with E-state index in [1.54, 1.807) is 0 Å². The van der Waals surface area contributed by atoms with Crippen LogP contribution in [-0.4, -0.2) is 10.2 Å². The van der Waals surface area contributed by atoms with Crippen molar-refractivity contribution in [1.82, 2.24) is 0 Å². The van der Waals surface area contributed by atoms with Gasteiger partial charge in [-0.15, -0.1) is 0 Å². The Bertz CT molecular complexity index is 152. The molecule has 58 valence electrons. The van der Waals surface area contributed by atoms with E-state index in [-0.39, 0.29) is 5.60 Å². The van der Waals surface area contributed by atoms with E-state index in [1.165, 1.54) is 0 Å². The Morgan fingerprint density at radius 1 is 1.60 bits per heavy atom. The standard InChI is InChI=1S/C7H12BrNO/c1-3-7(4-2)5-6(8)9-10-7/h3-5H2,1-2H3. The van der Waals surface area contributed by atoms with Gasteiger partial charge in [0.1, 0.15) is 10.2 Å². The predicted octanol–water partition coefficient (Wildman–Crippen LogP) is 2.67. The van der Waals surface area contributed by atoms with Gasteiger partial charge in [-0.05, 0) is 28.8 Å². The third-order valence-electron chi connectivity index (χ3n) is 2.10. The zero-order valence-electron chi connectivity index (χ0n) is 6.35. The molecule has 0 spiro atoms. The van der Waals surface area contributed by atoms with Crippen LogP contribution in [0.1, 0.15) is 33.1 Å². The molecule has 10 heavy (non-hydrogen) atoms. The third-order valence-corrected chi connectivity index (χ3v) is 2.52. The third kappa shape index (κ3) is 1.34. The smallest absolute Gasteiger partial charge is 0.143 e. The Balaban J connectivity index is 2.57. The second-order valence-corrected chi connectivity index (χ2v) is 3.54. The molecule has 0 unspecified atom stereocenters. The van der Waals surface area contributed by atoms with Gasteiger partial charge in [0.05, 0.1) is 0 Å². The van der Waals surface area contributed by atoms with Crippen molar-refractivity contribution < 1.29 is 4.84 Å². The fourth-order valence-electron chi connectivity index (χ4n) is 1.11. The molecule has 1 rings (SSSR count). The molecule has 0 saturated heterocycles. The van der Waals surface area contributed by atoms with Gasteiger partial charge in [0.2, 0.25) is 0 Å². The van der Waals surface area contributed by atoms with Gasteiger partial charge in [-0.1, -0.05) is 19.0 Å². The highest BCUT2D eigenvalue weighted by molar-refractivity contribution is 9.18. The van der Waals surface area contributed by atoms with Crippen molar-refractivity contribution in [2.45, 2.75) is 38.7 Å². The second-order valence-electron chi connectivity index (χ2n) is 2.63. The van der Waals surface area contributed by atoms with Crippen molar-refractivity contribution in [3.05, 3.63) is 0 Å². The molecular weight excluding hydrogens is 194 g/mol. The largest absolute Gasteiger partial charge is 0.388 e.